The maximum Gasteiger partial charge on any atom is 0.191 e. The van der Waals surface area contributed by atoms with Crippen LogP contribution in [0.2, 0.25) is 0 Å². The van der Waals surface area contributed by atoms with Gasteiger partial charge in [-0.3, -0.25) is 4.99 Å². The molecule has 0 aliphatic rings. The Morgan fingerprint density at radius 3 is 2.54 bits per heavy atom. The third kappa shape index (κ3) is 6.68. The number of nitrogens with one attached hydrogen (secondary N) is 2. The number of benzene rings is 1. The summed E-state index contributed by atoms with van der Waals surface area (Å²) in [5, 5.41) is 8.79. The number of hydrogen-bond acceptors (Lipinski definition) is 3. The van der Waals surface area contributed by atoms with Gasteiger partial charge in [-0.25, -0.2) is 0 Å². The summed E-state index contributed by atoms with van der Waals surface area (Å²) in [6.07, 6.45) is 1.05. The van der Waals surface area contributed by atoms with Crippen molar-refractivity contribution in [2.24, 2.45) is 4.99 Å². The molecule has 24 heavy (non-hydrogen) atoms. The summed E-state index contributed by atoms with van der Waals surface area (Å²) in [6.45, 7) is 3.94. The molecule has 0 radical (unpaired) electrons. The summed E-state index contributed by atoms with van der Waals surface area (Å²) in [7, 11) is 3.49. The first-order valence-electron chi connectivity index (χ1n) is 7.83. The van der Waals surface area contributed by atoms with E-state index in [1.165, 1.54) is 10.4 Å². The molecule has 1 aromatic heterocycles. The number of aliphatic imine (C=N–C) groups is 1. The van der Waals surface area contributed by atoms with E-state index < -0.39 is 0 Å². The Balaban J connectivity index is 0.00000288. The first-order valence-corrected chi connectivity index (χ1v) is 8.71. The van der Waals surface area contributed by atoms with Crippen LogP contribution in [0.4, 0.5) is 0 Å². The van der Waals surface area contributed by atoms with E-state index in [9.17, 15) is 0 Å². The molecule has 2 rings (SSSR count). The molecule has 1 unspecified atom stereocenters. The van der Waals surface area contributed by atoms with Crippen LogP contribution in [-0.4, -0.2) is 26.7 Å². The second-order valence-electron chi connectivity index (χ2n) is 5.39. The Morgan fingerprint density at radius 1 is 1.21 bits per heavy atom. The SMILES string of the molecule is CN=C(NCCC(C)c1ccc(OC)cc1)NCc1cccs1.I. The number of rotatable bonds is 7. The minimum Gasteiger partial charge on any atom is -0.497 e. The van der Waals surface area contributed by atoms with Crippen LogP contribution in [-0.2, 0) is 6.54 Å². The zero-order chi connectivity index (χ0) is 16.5. The van der Waals surface area contributed by atoms with Crippen molar-refractivity contribution in [3.05, 3.63) is 52.2 Å². The zero-order valence-electron chi connectivity index (χ0n) is 14.4. The van der Waals surface area contributed by atoms with Crippen LogP contribution in [0, 0.1) is 0 Å². The van der Waals surface area contributed by atoms with Crippen LogP contribution in [0.5, 0.6) is 5.75 Å². The van der Waals surface area contributed by atoms with Crippen LogP contribution in [0.15, 0.2) is 46.8 Å². The Labute approximate surface area is 165 Å². The fourth-order valence-corrected chi connectivity index (χ4v) is 2.96. The molecule has 0 aliphatic carbocycles. The zero-order valence-corrected chi connectivity index (χ0v) is 17.6. The second kappa shape index (κ2) is 11.3. The monoisotopic (exact) mass is 459 g/mol. The normalized spacial score (nSPS) is 12.2. The third-order valence-corrected chi connectivity index (χ3v) is 4.66. The van der Waals surface area contributed by atoms with Crippen molar-refractivity contribution in [3.63, 3.8) is 0 Å². The fraction of sp³-hybridized carbons (Fsp3) is 0.389. The average molecular weight is 459 g/mol. The van der Waals surface area contributed by atoms with Crippen LogP contribution >= 0.6 is 35.3 Å². The molecule has 1 heterocycles. The van der Waals surface area contributed by atoms with Gasteiger partial charge in [-0.15, -0.1) is 35.3 Å². The van der Waals surface area contributed by atoms with Gasteiger partial charge in [0.25, 0.3) is 0 Å². The quantitative estimate of drug-likeness (QED) is 0.370. The fourth-order valence-electron chi connectivity index (χ4n) is 2.31. The van der Waals surface area contributed by atoms with Crippen LogP contribution < -0.4 is 15.4 Å². The van der Waals surface area contributed by atoms with Crippen LogP contribution in [0.3, 0.4) is 0 Å². The summed E-state index contributed by atoms with van der Waals surface area (Å²) >= 11 is 1.75. The van der Waals surface area contributed by atoms with Crippen molar-refractivity contribution in [1.82, 2.24) is 10.6 Å². The van der Waals surface area contributed by atoms with Gasteiger partial charge in [-0.1, -0.05) is 25.1 Å². The summed E-state index contributed by atoms with van der Waals surface area (Å²) in [5.41, 5.74) is 1.33. The lowest BCUT2D eigenvalue weighted by Crippen LogP contribution is -2.37. The van der Waals surface area contributed by atoms with Crippen molar-refractivity contribution in [2.75, 3.05) is 20.7 Å². The van der Waals surface area contributed by atoms with Gasteiger partial charge in [0.05, 0.1) is 13.7 Å². The van der Waals surface area contributed by atoms with Crippen molar-refractivity contribution in [2.45, 2.75) is 25.8 Å². The van der Waals surface area contributed by atoms with E-state index in [0.29, 0.717) is 5.92 Å². The van der Waals surface area contributed by atoms with Gasteiger partial charge >= 0.3 is 0 Å². The van der Waals surface area contributed by atoms with E-state index in [2.05, 4.69) is 52.2 Å². The summed E-state index contributed by atoms with van der Waals surface area (Å²) in [5.74, 6) is 2.24. The number of halogens is 1. The number of guanidine groups is 1. The van der Waals surface area contributed by atoms with Gasteiger partial charge in [0.1, 0.15) is 5.75 Å². The van der Waals surface area contributed by atoms with Gasteiger partial charge in [0.15, 0.2) is 5.96 Å². The number of nitrogens with zero attached hydrogens (tertiary/aromatic N) is 1. The van der Waals surface area contributed by atoms with Gasteiger partial charge < -0.3 is 15.4 Å². The van der Waals surface area contributed by atoms with E-state index in [-0.39, 0.29) is 24.0 Å². The molecule has 0 fully saturated rings. The molecule has 0 amide bonds. The lowest BCUT2D eigenvalue weighted by Gasteiger charge is -2.15. The maximum absolute atomic E-state index is 5.20. The largest absolute Gasteiger partial charge is 0.497 e. The Bertz CT molecular complexity index is 599. The van der Waals surface area contributed by atoms with E-state index in [0.717, 1.165) is 31.2 Å². The highest BCUT2D eigenvalue weighted by atomic mass is 127. The molecule has 4 nitrogen and oxygen atoms in total. The molecule has 2 aromatic rings. The first-order chi connectivity index (χ1) is 11.2. The number of ether oxygens (including phenoxy) is 1. The van der Waals surface area contributed by atoms with Crippen molar-refractivity contribution in [3.8, 4) is 5.75 Å². The third-order valence-electron chi connectivity index (χ3n) is 3.79. The predicted octanol–water partition coefficient (Wildman–Crippen LogP) is 4.23. The highest BCUT2D eigenvalue weighted by Gasteiger charge is 2.06. The summed E-state index contributed by atoms with van der Waals surface area (Å²) in [6, 6.07) is 12.5. The van der Waals surface area contributed by atoms with Gasteiger partial charge in [-0.2, -0.15) is 0 Å². The lowest BCUT2D eigenvalue weighted by molar-refractivity contribution is 0.414. The molecular weight excluding hydrogens is 433 g/mol. The molecule has 0 aliphatic heterocycles. The average Bonchev–Trinajstić information content (AvgIpc) is 3.11. The molecule has 0 saturated heterocycles. The smallest absolute Gasteiger partial charge is 0.191 e. The highest BCUT2D eigenvalue weighted by molar-refractivity contribution is 14.0. The summed E-state index contributed by atoms with van der Waals surface area (Å²) in [4.78, 5) is 5.57. The van der Waals surface area contributed by atoms with Crippen molar-refractivity contribution < 1.29 is 4.74 Å². The number of thiophene rings is 1. The molecule has 132 valence electrons. The van der Waals surface area contributed by atoms with Crippen molar-refractivity contribution >= 4 is 41.3 Å². The van der Waals surface area contributed by atoms with E-state index >= 15 is 0 Å². The Morgan fingerprint density at radius 2 is 1.96 bits per heavy atom. The summed E-state index contributed by atoms with van der Waals surface area (Å²) < 4.78 is 5.20. The highest BCUT2D eigenvalue weighted by Crippen LogP contribution is 2.21. The number of methoxy groups -OCH3 is 1. The van der Waals surface area contributed by atoms with E-state index in [4.69, 9.17) is 4.74 Å². The minimum atomic E-state index is 0. The molecular formula is C18H26IN3OS. The molecule has 1 aromatic carbocycles. The maximum atomic E-state index is 5.20. The standard InChI is InChI=1S/C18H25N3OS.HI/c1-14(15-6-8-16(22-3)9-7-15)10-11-20-18(19-2)21-13-17-5-4-12-23-17;/h4-9,12,14H,10-11,13H2,1-3H3,(H2,19,20,21);1H. The van der Waals surface area contributed by atoms with Crippen LogP contribution in [0.1, 0.15) is 29.7 Å². The molecule has 0 saturated carbocycles. The predicted molar refractivity (Wildman–Crippen MR) is 114 cm³/mol. The van der Waals surface area contributed by atoms with Gasteiger partial charge in [0, 0.05) is 18.5 Å². The molecule has 6 heteroatoms. The first kappa shape index (κ1) is 20.8. The Kier molecular flexibility index (Phi) is 9.78. The number of hydrogen-bond donors (Lipinski definition) is 2. The Hall–Kier alpha value is -1.28. The van der Waals surface area contributed by atoms with E-state index in [1.807, 2.05) is 12.1 Å². The topological polar surface area (TPSA) is 45.7 Å². The lowest BCUT2D eigenvalue weighted by atomic mass is 9.98. The van der Waals surface area contributed by atoms with Gasteiger partial charge in [-0.05, 0) is 41.5 Å². The molecule has 0 spiro atoms. The minimum absolute atomic E-state index is 0. The molecule has 0 bridgehead atoms. The molecule has 1 atom stereocenters. The second-order valence-corrected chi connectivity index (χ2v) is 6.43. The van der Waals surface area contributed by atoms with Gasteiger partial charge in [0.2, 0.25) is 0 Å². The van der Waals surface area contributed by atoms with Crippen LogP contribution in [0.25, 0.3) is 0 Å². The van der Waals surface area contributed by atoms with E-state index in [1.54, 1.807) is 25.5 Å². The van der Waals surface area contributed by atoms with Crippen molar-refractivity contribution in [1.29, 1.82) is 0 Å². The molecule has 2 N–H and O–H groups in total.